The monoisotopic (exact) mass is 330 g/mol. The van der Waals surface area contributed by atoms with Gasteiger partial charge in [0.15, 0.2) is 0 Å². The minimum Gasteiger partial charge on any atom is -0.466 e. The van der Waals surface area contributed by atoms with Crippen molar-refractivity contribution in [1.82, 2.24) is 5.32 Å². The summed E-state index contributed by atoms with van der Waals surface area (Å²) in [6.07, 6.45) is 0. The summed E-state index contributed by atoms with van der Waals surface area (Å²) in [6.45, 7) is 6.64. The maximum absolute atomic E-state index is 12.3. The quantitative estimate of drug-likeness (QED) is 0.785. The van der Waals surface area contributed by atoms with E-state index >= 15 is 0 Å². The predicted molar refractivity (Wildman–Crippen MR) is 90.8 cm³/mol. The van der Waals surface area contributed by atoms with Crippen LogP contribution in [0.15, 0.2) is 34.7 Å². The van der Waals surface area contributed by atoms with Gasteiger partial charge in [0.25, 0.3) is 5.91 Å². The highest BCUT2D eigenvalue weighted by molar-refractivity contribution is 5.96. The highest BCUT2D eigenvalue weighted by Crippen LogP contribution is 2.26. The van der Waals surface area contributed by atoms with Crippen molar-refractivity contribution in [3.8, 4) is 0 Å². The molecule has 0 spiro atoms. The lowest BCUT2D eigenvalue weighted by Crippen LogP contribution is -2.38. The van der Waals surface area contributed by atoms with Crippen LogP contribution in [0.1, 0.15) is 41.3 Å². The molecule has 1 atom stereocenters. The Morgan fingerprint density at radius 1 is 1.25 bits per heavy atom. The van der Waals surface area contributed by atoms with Crippen molar-refractivity contribution in [3.63, 3.8) is 0 Å². The van der Waals surface area contributed by atoms with E-state index in [9.17, 15) is 14.7 Å². The van der Waals surface area contributed by atoms with Gasteiger partial charge in [-0.3, -0.25) is 9.59 Å². The summed E-state index contributed by atoms with van der Waals surface area (Å²) in [5.74, 6) is 0.790. The lowest BCUT2D eigenvalue weighted by Gasteiger charge is -2.23. The first-order valence-electron chi connectivity index (χ1n) is 7.65. The molecule has 0 fully saturated rings. The fraction of sp³-hybridized carbons (Fsp3) is 0.333. The number of furan rings is 1. The second kappa shape index (κ2) is 6.88. The Morgan fingerprint density at radius 2 is 1.96 bits per heavy atom. The smallest absolute Gasteiger partial charge is 0.251 e. The molecule has 0 aliphatic rings. The van der Waals surface area contributed by atoms with E-state index in [1.807, 2.05) is 0 Å². The number of anilines is 1. The maximum atomic E-state index is 12.3. The average molecular weight is 330 g/mol. The van der Waals surface area contributed by atoms with E-state index in [1.165, 1.54) is 6.92 Å². The molecule has 1 heterocycles. The van der Waals surface area contributed by atoms with Crippen LogP contribution in [0.25, 0.3) is 0 Å². The van der Waals surface area contributed by atoms with Crippen LogP contribution in [0.2, 0.25) is 0 Å². The van der Waals surface area contributed by atoms with Crippen molar-refractivity contribution in [2.45, 2.75) is 33.3 Å². The van der Waals surface area contributed by atoms with Crippen LogP contribution in [0, 0.1) is 13.8 Å². The number of aryl methyl sites for hydroxylation is 2. The van der Waals surface area contributed by atoms with E-state index in [-0.39, 0.29) is 18.4 Å². The third kappa shape index (κ3) is 4.23. The number of nitrogens with one attached hydrogen (secondary N) is 2. The molecule has 6 heteroatoms. The van der Waals surface area contributed by atoms with Gasteiger partial charge in [0, 0.05) is 23.7 Å². The molecular weight excluding hydrogens is 308 g/mol. The van der Waals surface area contributed by atoms with E-state index in [0.29, 0.717) is 28.3 Å². The van der Waals surface area contributed by atoms with Crippen molar-refractivity contribution in [2.24, 2.45) is 0 Å². The van der Waals surface area contributed by atoms with Crippen LogP contribution in [0.3, 0.4) is 0 Å². The normalized spacial score (nSPS) is 13.2. The maximum Gasteiger partial charge on any atom is 0.251 e. The fourth-order valence-electron chi connectivity index (χ4n) is 2.56. The molecule has 1 aromatic carbocycles. The molecule has 0 saturated heterocycles. The number of benzene rings is 1. The van der Waals surface area contributed by atoms with E-state index in [0.717, 1.165) is 0 Å². The van der Waals surface area contributed by atoms with Crippen LogP contribution in [-0.2, 0) is 10.4 Å². The molecule has 0 saturated carbocycles. The van der Waals surface area contributed by atoms with Gasteiger partial charge >= 0.3 is 0 Å². The molecule has 0 radical (unpaired) electrons. The zero-order chi connectivity index (χ0) is 17.9. The molecule has 1 unspecified atom stereocenters. The van der Waals surface area contributed by atoms with Crippen LogP contribution < -0.4 is 10.6 Å². The third-order valence-electron chi connectivity index (χ3n) is 3.66. The second-order valence-electron chi connectivity index (χ2n) is 6.05. The highest BCUT2D eigenvalue weighted by Gasteiger charge is 2.28. The van der Waals surface area contributed by atoms with Gasteiger partial charge in [0.05, 0.1) is 6.54 Å². The van der Waals surface area contributed by atoms with Crippen LogP contribution in [0.5, 0.6) is 0 Å². The zero-order valence-electron chi connectivity index (χ0n) is 14.3. The van der Waals surface area contributed by atoms with E-state index in [1.54, 1.807) is 51.1 Å². The van der Waals surface area contributed by atoms with Crippen molar-refractivity contribution in [1.29, 1.82) is 0 Å². The molecule has 1 aromatic heterocycles. The molecule has 0 aliphatic carbocycles. The Labute approximate surface area is 140 Å². The van der Waals surface area contributed by atoms with Gasteiger partial charge in [0.2, 0.25) is 5.91 Å². The summed E-state index contributed by atoms with van der Waals surface area (Å²) in [6, 6.07) is 8.37. The summed E-state index contributed by atoms with van der Waals surface area (Å²) in [5, 5.41) is 16.0. The highest BCUT2D eigenvalue weighted by atomic mass is 16.3. The van der Waals surface area contributed by atoms with Gasteiger partial charge in [-0.2, -0.15) is 0 Å². The standard InChI is InChI=1S/C18H22N2O4/c1-11-8-16(12(2)24-11)18(4,23)10-19-17(22)14-6-5-7-15(9-14)20-13(3)21/h5-9,23H,10H2,1-4H3,(H,19,22)(H,20,21). The van der Waals surface area contributed by atoms with Crippen molar-refractivity contribution < 1.29 is 19.1 Å². The van der Waals surface area contributed by atoms with Gasteiger partial charge in [-0.1, -0.05) is 6.07 Å². The predicted octanol–water partition coefficient (Wildman–Crippen LogP) is 2.49. The number of rotatable bonds is 5. The van der Waals surface area contributed by atoms with E-state index in [4.69, 9.17) is 4.42 Å². The lowest BCUT2D eigenvalue weighted by atomic mass is 9.96. The lowest BCUT2D eigenvalue weighted by molar-refractivity contribution is -0.114. The summed E-state index contributed by atoms with van der Waals surface area (Å²) in [5.41, 5.74) is 0.347. The molecule has 24 heavy (non-hydrogen) atoms. The Kier molecular flexibility index (Phi) is 5.09. The van der Waals surface area contributed by atoms with Crippen molar-refractivity contribution >= 4 is 17.5 Å². The largest absolute Gasteiger partial charge is 0.466 e. The third-order valence-corrected chi connectivity index (χ3v) is 3.66. The fourth-order valence-corrected chi connectivity index (χ4v) is 2.56. The number of hydrogen-bond donors (Lipinski definition) is 3. The molecule has 128 valence electrons. The van der Waals surface area contributed by atoms with Crippen molar-refractivity contribution in [3.05, 3.63) is 53.0 Å². The molecule has 2 rings (SSSR count). The topological polar surface area (TPSA) is 91.6 Å². The average Bonchev–Trinajstić information content (AvgIpc) is 2.84. The molecule has 0 bridgehead atoms. The van der Waals surface area contributed by atoms with Crippen LogP contribution in [0.4, 0.5) is 5.69 Å². The van der Waals surface area contributed by atoms with E-state index in [2.05, 4.69) is 10.6 Å². The first kappa shape index (κ1) is 17.7. The molecule has 6 nitrogen and oxygen atoms in total. The van der Waals surface area contributed by atoms with Gasteiger partial charge in [0.1, 0.15) is 17.1 Å². The van der Waals surface area contributed by atoms with Crippen LogP contribution in [-0.4, -0.2) is 23.5 Å². The van der Waals surface area contributed by atoms with Crippen LogP contribution >= 0.6 is 0 Å². The van der Waals surface area contributed by atoms with Gasteiger partial charge in [-0.05, 0) is 45.0 Å². The minimum absolute atomic E-state index is 0.0377. The first-order chi connectivity index (χ1) is 11.2. The Bertz CT molecular complexity index is 762. The summed E-state index contributed by atoms with van der Waals surface area (Å²) >= 11 is 0. The molecule has 3 N–H and O–H groups in total. The molecule has 0 aliphatic heterocycles. The van der Waals surface area contributed by atoms with E-state index < -0.39 is 5.60 Å². The van der Waals surface area contributed by atoms with Gasteiger partial charge < -0.3 is 20.2 Å². The summed E-state index contributed by atoms with van der Waals surface area (Å²) in [7, 11) is 0. The van der Waals surface area contributed by atoms with Gasteiger partial charge in [-0.15, -0.1) is 0 Å². The number of carbonyl (C=O) groups is 2. The Balaban J connectivity index is 2.07. The number of hydrogen-bond acceptors (Lipinski definition) is 4. The number of aliphatic hydroxyl groups is 1. The first-order valence-corrected chi connectivity index (χ1v) is 7.65. The SMILES string of the molecule is CC(=O)Nc1cccc(C(=O)NCC(C)(O)c2cc(C)oc2C)c1. The molecule has 2 amide bonds. The van der Waals surface area contributed by atoms with Gasteiger partial charge in [-0.25, -0.2) is 0 Å². The minimum atomic E-state index is -1.24. The molecular formula is C18H22N2O4. The summed E-state index contributed by atoms with van der Waals surface area (Å²) < 4.78 is 5.43. The number of amides is 2. The summed E-state index contributed by atoms with van der Waals surface area (Å²) in [4.78, 5) is 23.4. The Hall–Kier alpha value is -2.60. The second-order valence-corrected chi connectivity index (χ2v) is 6.05. The molecule has 2 aromatic rings. The zero-order valence-corrected chi connectivity index (χ0v) is 14.3. The number of carbonyl (C=O) groups excluding carboxylic acids is 2. The Morgan fingerprint density at radius 3 is 2.54 bits per heavy atom. The van der Waals surface area contributed by atoms with Crippen molar-refractivity contribution in [2.75, 3.05) is 11.9 Å².